The van der Waals surface area contributed by atoms with E-state index in [2.05, 4.69) is 20.6 Å². The van der Waals surface area contributed by atoms with Crippen molar-refractivity contribution in [3.05, 3.63) is 47.9 Å². The van der Waals surface area contributed by atoms with Crippen molar-refractivity contribution >= 4 is 11.7 Å². The number of benzene rings is 1. The average Bonchev–Trinajstić information content (AvgIpc) is 2.60. The zero-order chi connectivity index (χ0) is 16.5. The lowest BCUT2D eigenvalue weighted by Crippen LogP contribution is -2.27. The fourth-order valence-electron chi connectivity index (χ4n) is 1.97. The Hall–Kier alpha value is -2.67. The van der Waals surface area contributed by atoms with Gasteiger partial charge in [0.15, 0.2) is 0 Å². The SMILES string of the molecule is COCCNC(=O)c1cc(NCc2ccccc2OC)ncn1. The summed E-state index contributed by atoms with van der Waals surface area (Å²) in [5.41, 5.74) is 1.30. The number of anilines is 1. The molecule has 7 heteroatoms. The average molecular weight is 316 g/mol. The highest BCUT2D eigenvalue weighted by molar-refractivity contribution is 5.92. The van der Waals surface area contributed by atoms with Crippen LogP contribution in [0.5, 0.6) is 5.75 Å². The van der Waals surface area contributed by atoms with E-state index in [1.54, 1.807) is 20.3 Å². The number of ether oxygens (including phenoxy) is 2. The fourth-order valence-corrected chi connectivity index (χ4v) is 1.97. The number of nitrogens with one attached hydrogen (secondary N) is 2. The monoisotopic (exact) mass is 316 g/mol. The number of rotatable bonds is 8. The van der Waals surface area contributed by atoms with Gasteiger partial charge in [0.2, 0.25) is 0 Å². The first-order valence-corrected chi connectivity index (χ1v) is 7.19. The Kier molecular flexibility index (Phi) is 6.31. The first-order valence-electron chi connectivity index (χ1n) is 7.19. The van der Waals surface area contributed by atoms with Gasteiger partial charge in [-0.1, -0.05) is 18.2 Å². The Morgan fingerprint density at radius 1 is 1.22 bits per heavy atom. The van der Waals surface area contributed by atoms with Crippen molar-refractivity contribution in [3.8, 4) is 5.75 Å². The third-order valence-corrected chi connectivity index (χ3v) is 3.14. The number of hydrogen-bond donors (Lipinski definition) is 2. The number of carbonyl (C=O) groups excluding carboxylic acids is 1. The van der Waals surface area contributed by atoms with E-state index in [0.717, 1.165) is 11.3 Å². The van der Waals surface area contributed by atoms with E-state index in [1.807, 2.05) is 24.3 Å². The summed E-state index contributed by atoms with van der Waals surface area (Å²) in [6, 6.07) is 9.32. The minimum absolute atomic E-state index is 0.259. The lowest BCUT2D eigenvalue weighted by molar-refractivity contribution is 0.0932. The van der Waals surface area contributed by atoms with Crippen LogP contribution in [0.15, 0.2) is 36.7 Å². The largest absolute Gasteiger partial charge is 0.496 e. The van der Waals surface area contributed by atoms with E-state index in [1.165, 1.54) is 6.33 Å². The van der Waals surface area contributed by atoms with Crippen LogP contribution in [0.1, 0.15) is 16.1 Å². The van der Waals surface area contributed by atoms with Crippen molar-refractivity contribution in [2.24, 2.45) is 0 Å². The highest BCUT2D eigenvalue weighted by atomic mass is 16.5. The molecule has 1 amide bonds. The molecule has 0 fully saturated rings. The molecule has 2 N–H and O–H groups in total. The van der Waals surface area contributed by atoms with E-state index < -0.39 is 0 Å². The van der Waals surface area contributed by atoms with Gasteiger partial charge >= 0.3 is 0 Å². The number of amides is 1. The summed E-state index contributed by atoms with van der Waals surface area (Å²) in [4.78, 5) is 20.0. The first-order chi connectivity index (χ1) is 11.2. The van der Waals surface area contributed by atoms with Crippen LogP contribution >= 0.6 is 0 Å². The maximum Gasteiger partial charge on any atom is 0.270 e. The molecule has 0 unspecified atom stereocenters. The van der Waals surface area contributed by atoms with Crippen molar-refractivity contribution in [2.75, 3.05) is 32.7 Å². The minimum Gasteiger partial charge on any atom is -0.496 e. The summed E-state index contributed by atoms with van der Waals surface area (Å²) < 4.78 is 10.2. The minimum atomic E-state index is -0.259. The highest BCUT2D eigenvalue weighted by Crippen LogP contribution is 2.18. The van der Waals surface area contributed by atoms with Crippen LogP contribution in [0.3, 0.4) is 0 Å². The van der Waals surface area contributed by atoms with Gasteiger partial charge in [0.05, 0.1) is 13.7 Å². The summed E-state index contributed by atoms with van der Waals surface area (Å²) in [7, 11) is 3.21. The second-order valence-electron chi connectivity index (χ2n) is 4.70. The van der Waals surface area contributed by atoms with E-state index in [9.17, 15) is 4.79 Å². The van der Waals surface area contributed by atoms with E-state index in [0.29, 0.717) is 31.2 Å². The molecular formula is C16H20N4O3. The van der Waals surface area contributed by atoms with Gasteiger partial charge in [-0.05, 0) is 6.07 Å². The second kappa shape index (κ2) is 8.70. The molecule has 1 heterocycles. The van der Waals surface area contributed by atoms with E-state index >= 15 is 0 Å². The summed E-state index contributed by atoms with van der Waals surface area (Å²) in [5, 5.41) is 5.88. The molecule has 23 heavy (non-hydrogen) atoms. The van der Waals surface area contributed by atoms with Gasteiger partial charge in [-0.3, -0.25) is 4.79 Å². The van der Waals surface area contributed by atoms with Crippen LogP contribution in [-0.4, -0.2) is 43.2 Å². The van der Waals surface area contributed by atoms with Crippen LogP contribution in [0, 0.1) is 0 Å². The molecule has 0 saturated heterocycles. The van der Waals surface area contributed by atoms with Crippen LogP contribution in [0.25, 0.3) is 0 Å². The van der Waals surface area contributed by atoms with Gasteiger partial charge in [0, 0.05) is 31.8 Å². The maximum atomic E-state index is 11.9. The van der Waals surface area contributed by atoms with Gasteiger partial charge in [0.1, 0.15) is 23.6 Å². The summed E-state index contributed by atoms with van der Waals surface area (Å²) in [6.07, 6.45) is 1.36. The highest BCUT2D eigenvalue weighted by Gasteiger charge is 2.08. The van der Waals surface area contributed by atoms with E-state index in [4.69, 9.17) is 9.47 Å². The topological polar surface area (TPSA) is 85.4 Å². The molecule has 0 aliphatic heterocycles. The van der Waals surface area contributed by atoms with Gasteiger partial charge in [0.25, 0.3) is 5.91 Å². The second-order valence-corrected chi connectivity index (χ2v) is 4.70. The van der Waals surface area contributed by atoms with Gasteiger partial charge in [-0.15, -0.1) is 0 Å². The molecule has 0 saturated carbocycles. The predicted octanol–water partition coefficient (Wildman–Crippen LogP) is 1.47. The van der Waals surface area contributed by atoms with Crippen molar-refractivity contribution in [1.29, 1.82) is 0 Å². The maximum absolute atomic E-state index is 11.9. The summed E-state index contributed by atoms with van der Waals surface area (Å²) >= 11 is 0. The molecule has 2 rings (SSSR count). The molecule has 0 aliphatic rings. The Balaban J connectivity index is 1.98. The molecule has 0 bridgehead atoms. The summed E-state index contributed by atoms with van der Waals surface area (Å²) in [5.74, 6) is 1.11. The first kappa shape index (κ1) is 16.7. The van der Waals surface area contributed by atoms with Gasteiger partial charge < -0.3 is 20.1 Å². The normalized spacial score (nSPS) is 10.2. The van der Waals surface area contributed by atoms with Crippen LogP contribution < -0.4 is 15.4 Å². The fraction of sp³-hybridized carbons (Fsp3) is 0.312. The number of para-hydroxylation sites is 1. The molecule has 2 aromatic rings. The standard InChI is InChI=1S/C16H20N4O3/c1-22-8-7-17-16(21)13-9-15(20-11-19-13)18-10-12-5-3-4-6-14(12)23-2/h3-6,9,11H,7-8,10H2,1-2H3,(H,17,21)(H,18,19,20). The lowest BCUT2D eigenvalue weighted by atomic mass is 10.2. The van der Waals surface area contributed by atoms with Crippen LogP contribution in [0.2, 0.25) is 0 Å². The molecule has 122 valence electrons. The zero-order valence-electron chi connectivity index (χ0n) is 13.2. The van der Waals surface area contributed by atoms with Crippen LogP contribution in [0.4, 0.5) is 5.82 Å². The third-order valence-electron chi connectivity index (χ3n) is 3.14. The van der Waals surface area contributed by atoms with Gasteiger partial charge in [-0.2, -0.15) is 0 Å². The molecule has 0 radical (unpaired) electrons. The molecule has 0 spiro atoms. The molecule has 1 aromatic carbocycles. The predicted molar refractivity (Wildman–Crippen MR) is 86.6 cm³/mol. The third kappa shape index (κ3) is 4.93. The Bertz CT molecular complexity index is 649. The van der Waals surface area contributed by atoms with Crippen molar-refractivity contribution < 1.29 is 14.3 Å². The van der Waals surface area contributed by atoms with Crippen molar-refractivity contribution in [1.82, 2.24) is 15.3 Å². The lowest BCUT2D eigenvalue weighted by Gasteiger charge is -2.10. The molecule has 0 aliphatic carbocycles. The summed E-state index contributed by atoms with van der Waals surface area (Å²) in [6.45, 7) is 1.42. The Labute approximate surface area is 135 Å². The molecule has 1 aromatic heterocycles. The van der Waals surface area contributed by atoms with Gasteiger partial charge in [-0.25, -0.2) is 9.97 Å². The number of aromatic nitrogens is 2. The number of methoxy groups -OCH3 is 2. The van der Waals surface area contributed by atoms with E-state index in [-0.39, 0.29) is 5.91 Å². The smallest absolute Gasteiger partial charge is 0.270 e. The zero-order valence-corrected chi connectivity index (χ0v) is 13.2. The Morgan fingerprint density at radius 2 is 2.04 bits per heavy atom. The molecule has 0 atom stereocenters. The Morgan fingerprint density at radius 3 is 2.83 bits per heavy atom. The van der Waals surface area contributed by atoms with Crippen LogP contribution in [-0.2, 0) is 11.3 Å². The van der Waals surface area contributed by atoms with Crippen molar-refractivity contribution in [2.45, 2.75) is 6.54 Å². The van der Waals surface area contributed by atoms with Crippen molar-refractivity contribution in [3.63, 3.8) is 0 Å². The number of nitrogens with zero attached hydrogens (tertiary/aromatic N) is 2. The molecular weight excluding hydrogens is 296 g/mol. The number of hydrogen-bond acceptors (Lipinski definition) is 6. The number of carbonyl (C=O) groups is 1. The quantitative estimate of drug-likeness (QED) is 0.718. The molecule has 7 nitrogen and oxygen atoms in total.